The third kappa shape index (κ3) is 8.86. The molecule has 2 N–H and O–H groups in total. The summed E-state index contributed by atoms with van der Waals surface area (Å²) < 4.78 is 0. The molecule has 0 radical (unpaired) electrons. The molecule has 1 aliphatic carbocycles. The molecule has 2 aliphatic rings. The maximum absolute atomic E-state index is 4.92. The van der Waals surface area contributed by atoms with Crippen LogP contribution in [0.4, 0.5) is 0 Å². The maximum atomic E-state index is 4.92. The molecule has 1 saturated heterocycles. The molecule has 1 saturated carbocycles. The first-order chi connectivity index (χ1) is 12.7. The molecule has 0 bridgehead atoms. The summed E-state index contributed by atoms with van der Waals surface area (Å²) >= 11 is 0. The number of hydrogen-bond donors (Lipinski definition) is 2. The molecule has 2 rings (SSSR count). The SMILES string of the molecule is CCNC(=NCC1(CC)CCCC1)NCCCCN1CCN(CC)CC1.I. The van der Waals surface area contributed by atoms with Crippen LogP contribution in [0.3, 0.4) is 0 Å². The van der Waals surface area contributed by atoms with Crippen LogP contribution in [0.1, 0.15) is 65.7 Å². The van der Waals surface area contributed by atoms with Crippen molar-refractivity contribution in [1.82, 2.24) is 20.4 Å². The van der Waals surface area contributed by atoms with E-state index in [2.05, 4.69) is 41.2 Å². The van der Waals surface area contributed by atoms with Gasteiger partial charge in [0.25, 0.3) is 0 Å². The number of piperazine rings is 1. The van der Waals surface area contributed by atoms with Crippen LogP contribution in [0, 0.1) is 5.41 Å². The van der Waals surface area contributed by atoms with E-state index in [9.17, 15) is 0 Å². The van der Waals surface area contributed by atoms with Gasteiger partial charge in [-0.1, -0.05) is 26.7 Å². The highest BCUT2D eigenvalue weighted by molar-refractivity contribution is 14.0. The van der Waals surface area contributed by atoms with E-state index in [1.807, 2.05) is 0 Å². The van der Waals surface area contributed by atoms with Crippen molar-refractivity contribution in [2.45, 2.75) is 65.7 Å². The number of likely N-dealkylation sites (N-methyl/N-ethyl adjacent to an activating group) is 1. The summed E-state index contributed by atoms with van der Waals surface area (Å²) in [5, 5.41) is 6.97. The van der Waals surface area contributed by atoms with E-state index in [0.717, 1.165) is 25.6 Å². The zero-order valence-electron chi connectivity index (χ0n) is 18.1. The zero-order valence-corrected chi connectivity index (χ0v) is 20.4. The molecule has 160 valence electrons. The average Bonchev–Trinajstić information content (AvgIpc) is 3.16. The molecule has 27 heavy (non-hydrogen) atoms. The van der Waals surface area contributed by atoms with E-state index < -0.39 is 0 Å². The Labute approximate surface area is 185 Å². The molecule has 0 aromatic rings. The van der Waals surface area contributed by atoms with Gasteiger partial charge in [-0.25, -0.2) is 0 Å². The Morgan fingerprint density at radius 2 is 1.59 bits per heavy atom. The van der Waals surface area contributed by atoms with Gasteiger partial charge in [0, 0.05) is 45.8 Å². The van der Waals surface area contributed by atoms with Gasteiger partial charge >= 0.3 is 0 Å². The molecule has 2 fully saturated rings. The van der Waals surface area contributed by atoms with Crippen LogP contribution < -0.4 is 10.6 Å². The quantitative estimate of drug-likeness (QED) is 0.212. The van der Waals surface area contributed by atoms with Gasteiger partial charge in [0.2, 0.25) is 0 Å². The van der Waals surface area contributed by atoms with Crippen LogP contribution in [-0.2, 0) is 0 Å². The first kappa shape index (κ1) is 25.0. The Hall–Kier alpha value is -0.0800. The summed E-state index contributed by atoms with van der Waals surface area (Å²) in [6.45, 7) is 17.1. The van der Waals surface area contributed by atoms with Gasteiger partial charge in [-0.05, 0) is 57.5 Å². The highest BCUT2D eigenvalue weighted by Gasteiger charge is 2.31. The van der Waals surface area contributed by atoms with Crippen LogP contribution in [0.2, 0.25) is 0 Å². The van der Waals surface area contributed by atoms with Crippen molar-refractivity contribution in [3.05, 3.63) is 0 Å². The van der Waals surface area contributed by atoms with Crippen LogP contribution in [0.15, 0.2) is 4.99 Å². The molecule has 0 aromatic carbocycles. The number of nitrogens with one attached hydrogen (secondary N) is 2. The highest BCUT2D eigenvalue weighted by atomic mass is 127. The summed E-state index contributed by atoms with van der Waals surface area (Å²) in [6, 6.07) is 0. The molecule has 0 atom stereocenters. The number of halogens is 1. The molecular weight excluding hydrogens is 449 g/mol. The minimum atomic E-state index is 0. The molecule has 0 aromatic heterocycles. The van der Waals surface area contributed by atoms with Crippen molar-refractivity contribution in [2.75, 3.05) is 58.9 Å². The van der Waals surface area contributed by atoms with Gasteiger partial charge in [-0.15, -0.1) is 24.0 Å². The van der Waals surface area contributed by atoms with Crippen molar-refractivity contribution >= 4 is 29.9 Å². The maximum Gasteiger partial charge on any atom is 0.191 e. The van der Waals surface area contributed by atoms with Crippen molar-refractivity contribution < 1.29 is 0 Å². The molecule has 1 aliphatic heterocycles. The summed E-state index contributed by atoms with van der Waals surface area (Å²) in [5.74, 6) is 1.02. The van der Waals surface area contributed by atoms with E-state index in [1.165, 1.54) is 84.2 Å². The Kier molecular flexibility index (Phi) is 12.9. The van der Waals surface area contributed by atoms with E-state index >= 15 is 0 Å². The first-order valence-corrected chi connectivity index (χ1v) is 11.2. The van der Waals surface area contributed by atoms with E-state index in [0.29, 0.717) is 5.41 Å². The van der Waals surface area contributed by atoms with Crippen LogP contribution in [0.5, 0.6) is 0 Å². The molecule has 1 heterocycles. The first-order valence-electron chi connectivity index (χ1n) is 11.2. The van der Waals surface area contributed by atoms with Crippen molar-refractivity contribution in [3.63, 3.8) is 0 Å². The topological polar surface area (TPSA) is 42.9 Å². The number of guanidine groups is 1. The summed E-state index contributed by atoms with van der Waals surface area (Å²) in [7, 11) is 0. The van der Waals surface area contributed by atoms with Crippen molar-refractivity contribution in [3.8, 4) is 0 Å². The molecule has 0 spiro atoms. The second-order valence-electron chi connectivity index (χ2n) is 8.17. The van der Waals surface area contributed by atoms with Crippen LogP contribution in [-0.4, -0.2) is 74.7 Å². The Morgan fingerprint density at radius 1 is 0.926 bits per heavy atom. The fraction of sp³-hybridized carbons (Fsp3) is 0.952. The largest absolute Gasteiger partial charge is 0.357 e. The van der Waals surface area contributed by atoms with E-state index in [1.54, 1.807) is 0 Å². The summed E-state index contributed by atoms with van der Waals surface area (Å²) in [4.78, 5) is 10.1. The number of aliphatic imine (C=N–C) groups is 1. The highest BCUT2D eigenvalue weighted by Crippen LogP contribution is 2.41. The fourth-order valence-electron chi connectivity index (χ4n) is 4.33. The van der Waals surface area contributed by atoms with Crippen molar-refractivity contribution in [1.29, 1.82) is 0 Å². The lowest BCUT2D eigenvalue weighted by Crippen LogP contribution is -2.46. The normalized spacial score (nSPS) is 21.1. The molecule has 5 nitrogen and oxygen atoms in total. The third-order valence-corrected chi connectivity index (χ3v) is 6.44. The Balaban J connectivity index is 0.00000364. The van der Waals surface area contributed by atoms with Crippen LogP contribution in [0.25, 0.3) is 0 Å². The van der Waals surface area contributed by atoms with Crippen molar-refractivity contribution in [2.24, 2.45) is 10.4 Å². The Bertz CT molecular complexity index is 401. The minimum absolute atomic E-state index is 0. The third-order valence-electron chi connectivity index (χ3n) is 6.44. The molecule has 0 unspecified atom stereocenters. The lowest BCUT2D eigenvalue weighted by atomic mass is 9.84. The van der Waals surface area contributed by atoms with E-state index in [-0.39, 0.29) is 24.0 Å². The predicted octanol–water partition coefficient (Wildman–Crippen LogP) is 3.55. The lowest BCUT2D eigenvalue weighted by Gasteiger charge is -2.34. The zero-order chi connectivity index (χ0) is 18.7. The van der Waals surface area contributed by atoms with Gasteiger partial charge in [0.1, 0.15) is 0 Å². The van der Waals surface area contributed by atoms with E-state index in [4.69, 9.17) is 4.99 Å². The summed E-state index contributed by atoms with van der Waals surface area (Å²) in [6.07, 6.45) is 9.26. The summed E-state index contributed by atoms with van der Waals surface area (Å²) in [5.41, 5.74) is 0.475. The number of nitrogens with zero attached hydrogens (tertiary/aromatic N) is 3. The van der Waals surface area contributed by atoms with Gasteiger partial charge in [-0.2, -0.15) is 0 Å². The monoisotopic (exact) mass is 493 g/mol. The van der Waals surface area contributed by atoms with Gasteiger partial charge in [0.05, 0.1) is 0 Å². The molecule has 6 heteroatoms. The number of unbranched alkanes of at least 4 members (excludes halogenated alkanes) is 1. The standard InChI is InChI=1S/C21H43N5.HI/c1-4-21(11-7-8-12-21)19-24-20(22-5-2)23-13-9-10-14-26-17-15-25(6-3)16-18-26;/h4-19H2,1-3H3,(H2,22,23,24);1H. The lowest BCUT2D eigenvalue weighted by molar-refractivity contribution is 0.136. The number of rotatable bonds is 10. The van der Waals surface area contributed by atoms with Gasteiger partial charge in [-0.3, -0.25) is 4.99 Å². The fourth-order valence-corrected chi connectivity index (χ4v) is 4.33. The number of hydrogen-bond acceptors (Lipinski definition) is 3. The molecular formula is C21H44IN5. The van der Waals surface area contributed by atoms with Crippen LogP contribution >= 0.6 is 24.0 Å². The Morgan fingerprint density at radius 3 is 2.19 bits per heavy atom. The smallest absolute Gasteiger partial charge is 0.191 e. The predicted molar refractivity (Wildman–Crippen MR) is 128 cm³/mol. The van der Waals surface area contributed by atoms with Gasteiger partial charge < -0.3 is 20.4 Å². The van der Waals surface area contributed by atoms with Gasteiger partial charge in [0.15, 0.2) is 5.96 Å². The average molecular weight is 494 g/mol. The minimum Gasteiger partial charge on any atom is -0.357 e. The molecule has 0 amide bonds. The second-order valence-corrected chi connectivity index (χ2v) is 8.17. The second kappa shape index (κ2) is 14.0.